The maximum Gasteiger partial charge on any atom is 0.387 e. The third-order valence-electron chi connectivity index (χ3n) is 3.81. The Morgan fingerprint density at radius 3 is 2.45 bits per heavy atom. The molecule has 0 saturated heterocycles. The van der Waals surface area contributed by atoms with Crippen LogP contribution in [0.1, 0.15) is 15.2 Å². The molecule has 1 heterocycles. The van der Waals surface area contributed by atoms with Gasteiger partial charge in [0.1, 0.15) is 10.6 Å². The number of hydrogen-bond acceptors (Lipinski definition) is 5. The van der Waals surface area contributed by atoms with Crippen molar-refractivity contribution >= 4 is 33.0 Å². The first-order chi connectivity index (χ1) is 13.9. The van der Waals surface area contributed by atoms with Gasteiger partial charge in [-0.25, -0.2) is 8.42 Å². The van der Waals surface area contributed by atoms with Crippen molar-refractivity contribution in [3.8, 4) is 5.75 Å². The number of para-hydroxylation sites is 1. The smallest absolute Gasteiger partial charge is 0.387 e. The van der Waals surface area contributed by atoms with Crippen LogP contribution in [-0.2, 0) is 16.6 Å². The summed E-state index contributed by atoms with van der Waals surface area (Å²) in [6.07, 6.45) is 0. The van der Waals surface area contributed by atoms with Gasteiger partial charge in [-0.2, -0.15) is 8.78 Å². The molecule has 3 aromatic rings. The number of nitrogens with one attached hydrogen (secondary N) is 2. The first-order valence-corrected chi connectivity index (χ1v) is 10.7. The van der Waals surface area contributed by atoms with Crippen molar-refractivity contribution in [3.05, 3.63) is 76.5 Å². The first-order valence-electron chi connectivity index (χ1n) is 8.33. The van der Waals surface area contributed by atoms with Crippen molar-refractivity contribution in [2.45, 2.75) is 18.1 Å². The lowest BCUT2D eigenvalue weighted by Gasteiger charge is -2.13. The largest absolute Gasteiger partial charge is 0.433 e. The van der Waals surface area contributed by atoms with Crippen molar-refractivity contribution in [1.29, 1.82) is 0 Å². The topological polar surface area (TPSA) is 84.5 Å². The van der Waals surface area contributed by atoms with Crippen LogP contribution in [0.25, 0.3) is 0 Å². The molecule has 0 aliphatic heterocycles. The van der Waals surface area contributed by atoms with Crippen LogP contribution in [0.5, 0.6) is 5.75 Å². The third-order valence-corrected chi connectivity index (χ3v) is 6.08. The van der Waals surface area contributed by atoms with Crippen molar-refractivity contribution in [3.63, 3.8) is 0 Å². The van der Waals surface area contributed by atoms with Crippen molar-refractivity contribution in [2.24, 2.45) is 0 Å². The average Bonchev–Trinajstić information content (AvgIpc) is 3.15. The molecule has 2 aromatic carbocycles. The quantitative estimate of drug-likeness (QED) is 0.555. The number of ether oxygens (including phenoxy) is 1. The lowest BCUT2D eigenvalue weighted by Crippen LogP contribution is -2.24. The van der Waals surface area contributed by atoms with E-state index in [4.69, 9.17) is 0 Å². The number of amides is 1. The second kappa shape index (κ2) is 9.01. The van der Waals surface area contributed by atoms with E-state index in [1.54, 1.807) is 42.5 Å². The molecular weight excluding hydrogens is 422 g/mol. The fraction of sp³-hybridized carbons (Fsp3) is 0.105. The molecule has 0 saturated carbocycles. The molecule has 29 heavy (non-hydrogen) atoms. The Bertz CT molecular complexity index is 1090. The maximum absolute atomic E-state index is 12.5. The van der Waals surface area contributed by atoms with Crippen LogP contribution in [-0.4, -0.2) is 20.9 Å². The summed E-state index contributed by atoms with van der Waals surface area (Å²) in [5.74, 6) is -0.808. The number of carbonyl (C=O) groups is 1. The van der Waals surface area contributed by atoms with Crippen molar-refractivity contribution in [1.82, 2.24) is 5.32 Å². The maximum atomic E-state index is 12.5. The number of benzene rings is 2. The summed E-state index contributed by atoms with van der Waals surface area (Å²) in [5.41, 5.74) is 0.806. The van der Waals surface area contributed by atoms with Gasteiger partial charge in [-0.1, -0.05) is 36.4 Å². The summed E-state index contributed by atoms with van der Waals surface area (Å²) in [6, 6.07) is 15.7. The number of carbonyl (C=O) groups excluding carboxylic acids is 1. The molecule has 1 amide bonds. The van der Waals surface area contributed by atoms with E-state index in [1.807, 2.05) is 0 Å². The molecule has 0 fully saturated rings. The van der Waals surface area contributed by atoms with Gasteiger partial charge in [-0.15, -0.1) is 11.3 Å². The zero-order valence-electron chi connectivity index (χ0n) is 14.8. The number of halogens is 2. The van der Waals surface area contributed by atoms with E-state index >= 15 is 0 Å². The van der Waals surface area contributed by atoms with E-state index in [1.165, 1.54) is 23.6 Å². The predicted molar refractivity (Wildman–Crippen MR) is 106 cm³/mol. The Morgan fingerprint density at radius 2 is 1.72 bits per heavy atom. The molecule has 0 radical (unpaired) electrons. The van der Waals surface area contributed by atoms with Gasteiger partial charge in [-0.05, 0) is 35.2 Å². The first kappa shape index (κ1) is 20.7. The van der Waals surface area contributed by atoms with Gasteiger partial charge in [0, 0.05) is 6.54 Å². The van der Waals surface area contributed by atoms with Gasteiger partial charge < -0.3 is 10.1 Å². The van der Waals surface area contributed by atoms with E-state index in [2.05, 4.69) is 14.8 Å². The fourth-order valence-corrected chi connectivity index (χ4v) is 4.35. The minimum Gasteiger partial charge on any atom is -0.433 e. The minimum absolute atomic E-state index is 0.00708. The Balaban J connectivity index is 1.73. The molecule has 2 N–H and O–H groups in total. The number of alkyl halides is 2. The molecule has 0 unspecified atom stereocenters. The van der Waals surface area contributed by atoms with E-state index < -0.39 is 22.5 Å². The number of hydrogen-bond donors (Lipinski definition) is 2. The van der Waals surface area contributed by atoms with Crippen LogP contribution in [0.2, 0.25) is 0 Å². The molecule has 6 nitrogen and oxygen atoms in total. The standard InChI is InChI=1S/C19H16F2N2O4S2/c20-19(21)27-16-10-11-28-17(16)18(24)22-12-13-6-4-5-9-15(13)23-29(25,26)14-7-2-1-3-8-14/h1-11,19,23H,12H2,(H,22,24). The lowest BCUT2D eigenvalue weighted by atomic mass is 10.2. The van der Waals surface area contributed by atoms with Crippen LogP contribution < -0.4 is 14.8 Å². The normalized spacial score (nSPS) is 11.3. The van der Waals surface area contributed by atoms with Gasteiger partial charge >= 0.3 is 6.61 Å². The zero-order chi connectivity index (χ0) is 20.9. The van der Waals surface area contributed by atoms with Gasteiger partial charge in [0.2, 0.25) is 0 Å². The molecule has 3 rings (SSSR count). The Hall–Kier alpha value is -2.98. The van der Waals surface area contributed by atoms with Crippen LogP contribution in [0.3, 0.4) is 0 Å². The SMILES string of the molecule is O=C(NCc1ccccc1NS(=O)(=O)c1ccccc1)c1sccc1OC(F)F. The van der Waals surface area contributed by atoms with Gasteiger partial charge in [-0.3, -0.25) is 9.52 Å². The highest BCUT2D eigenvalue weighted by molar-refractivity contribution is 7.92. The van der Waals surface area contributed by atoms with Gasteiger partial charge in [0.15, 0.2) is 0 Å². The summed E-state index contributed by atoms with van der Waals surface area (Å²) in [6.45, 7) is -3.05. The Morgan fingerprint density at radius 1 is 1.03 bits per heavy atom. The van der Waals surface area contributed by atoms with Crippen molar-refractivity contribution < 1.29 is 26.7 Å². The number of rotatable bonds is 8. The second-order valence-corrected chi connectivity index (χ2v) is 8.35. The van der Waals surface area contributed by atoms with E-state index in [9.17, 15) is 22.0 Å². The van der Waals surface area contributed by atoms with Crippen LogP contribution in [0.4, 0.5) is 14.5 Å². The molecule has 152 valence electrons. The van der Waals surface area contributed by atoms with E-state index in [-0.39, 0.29) is 22.1 Å². The van der Waals surface area contributed by atoms with Crippen molar-refractivity contribution in [2.75, 3.05) is 4.72 Å². The van der Waals surface area contributed by atoms with Gasteiger partial charge in [0.25, 0.3) is 15.9 Å². The van der Waals surface area contributed by atoms with Gasteiger partial charge in [0.05, 0.1) is 10.6 Å². The Kier molecular flexibility index (Phi) is 6.45. The number of sulfonamides is 1. The highest BCUT2D eigenvalue weighted by Gasteiger charge is 2.19. The highest BCUT2D eigenvalue weighted by Crippen LogP contribution is 2.27. The molecule has 0 bridgehead atoms. The number of thiophene rings is 1. The highest BCUT2D eigenvalue weighted by atomic mass is 32.2. The summed E-state index contributed by atoms with van der Waals surface area (Å²) in [4.78, 5) is 12.4. The zero-order valence-corrected chi connectivity index (χ0v) is 16.5. The fourth-order valence-electron chi connectivity index (χ4n) is 2.48. The molecule has 0 aliphatic carbocycles. The summed E-state index contributed by atoms with van der Waals surface area (Å²) < 4.78 is 56.8. The lowest BCUT2D eigenvalue weighted by molar-refractivity contribution is -0.0498. The molecular formula is C19H16F2N2O4S2. The average molecular weight is 438 g/mol. The van der Waals surface area contributed by atoms with E-state index in [0.717, 1.165) is 11.3 Å². The Labute approximate surface area is 170 Å². The minimum atomic E-state index is -3.80. The monoisotopic (exact) mass is 438 g/mol. The molecule has 0 aliphatic rings. The van der Waals surface area contributed by atoms with Crippen LogP contribution in [0, 0.1) is 0 Å². The number of anilines is 1. The summed E-state index contributed by atoms with van der Waals surface area (Å²) >= 11 is 0.964. The second-order valence-electron chi connectivity index (χ2n) is 5.75. The third kappa shape index (κ3) is 5.30. The van der Waals surface area contributed by atoms with Crippen LogP contribution >= 0.6 is 11.3 Å². The molecule has 0 spiro atoms. The van der Waals surface area contributed by atoms with Crippen LogP contribution in [0.15, 0.2) is 70.9 Å². The molecule has 0 atom stereocenters. The predicted octanol–water partition coefficient (Wildman–Crippen LogP) is 4.08. The molecule has 1 aromatic heterocycles. The summed E-state index contributed by atoms with van der Waals surface area (Å²) in [7, 11) is -3.80. The summed E-state index contributed by atoms with van der Waals surface area (Å²) in [5, 5.41) is 4.06. The molecule has 10 heteroatoms. The van der Waals surface area contributed by atoms with E-state index in [0.29, 0.717) is 11.3 Å².